The highest BCUT2D eigenvalue weighted by Crippen LogP contribution is 2.40. The van der Waals surface area contributed by atoms with Gasteiger partial charge in [0.05, 0.1) is 13.2 Å². The summed E-state index contributed by atoms with van der Waals surface area (Å²) in [5.74, 6) is 0.231. The van der Waals surface area contributed by atoms with Crippen LogP contribution in [0.15, 0.2) is 0 Å². The minimum Gasteiger partial charge on any atom is -0.379 e. The monoisotopic (exact) mass is 291 g/mol. The van der Waals surface area contributed by atoms with Gasteiger partial charge in [0.15, 0.2) is 0 Å². The maximum absolute atomic E-state index is 12.1. The van der Waals surface area contributed by atoms with Crippen molar-refractivity contribution in [3.63, 3.8) is 0 Å². The van der Waals surface area contributed by atoms with Gasteiger partial charge in [-0.05, 0) is 19.3 Å². The molecule has 16 heavy (non-hydrogen) atoms. The summed E-state index contributed by atoms with van der Waals surface area (Å²) in [6, 6.07) is 0. The Kier molecular flexibility index (Phi) is 6.36. The number of hydrogen-bond acceptors (Lipinski definition) is 2. The molecule has 0 unspecified atom stereocenters. The van der Waals surface area contributed by atoms with Gasteiger partial charge in [0, 0.05) is 17.3 Å². The lowest BCUT2D eigenvalue weighted by Crippen LogP contribution is -2.40. The second-order valence-corrected chi connectivity index (χ2v) is 5.19. The van der Waals surface area contributed by atoms with Gasteiger partial charge in [-0.1, -0.05) is 35.7 Å². The van der Waals surface area contributed by atoms with E-state index in [2.05, 4.69) is 28.2 Å². The zero-order valence-electron chi connectivity index (χ0n) is 10.1. The molecule has 0 spiro atoms. The van der Waals surface area contributed by atoms with Crippen LogP contribution in [-0.2, 0) is 9.53 Å². The molecule has 0 aliphatic heterocycles. The molecule has 1 aliphatic carbocycles. The van der Waals surface area contributed by atoms with E-state index in [0.717, 1.165) is 24.6 Å². The van der Waals surface area contributed by atoms with Crippen molar-refractivity contribution in [3.05, 3.63) is 0 Å². The minimum absolute atomic E-state index is 0.0740. The topological polar surface area (TPSA) is 38.3 Å². The molecule has 0 aromatic carbocycles. The Bertz CT molecular complexity index is 215. The number of nitrogens with one attached hydrogen (secondary N) is 1. The molecule has 1 fully saturated rings. The largest absolute Gasteiger partial charge is 0.379 e. The summed E-state index contributed by atoms with van der Waals surface area (Å²) in [6.07, 6.45) is 5.46. The predicted molar refractivity (Wildman–Crippen MR) is 68.8 cm³/mol. The first-order valence-corrected chi connectivity index (χ1v) is 7.29. The standard InChI is InChI=1S/C12H22BrNO2/c1-2-12(5-3-4-6-12)11(15)14-8-10-16-9-7-13/h2-10H2,1H3,(H,14,15). The van der Waals surface area contributed by atoms with E-state index in [1.54, 1.807) is 0 Å². The van der Waals surface area contributed by atoms with E-state index in [-0.39, 0.29) is 11.3 Å². The predicted octanol–water partition coefficient (Wildman–Crippen LogP) is 2.48. The van der Waals surface area contributed by atoms with Crippen LogP contribution >= 0.6 is 15.9 Å². The number of carbonyl (C=O) groups excluding carboxylic acids is 1. The van der Waals surface area contributed by atoms with Gasteiger partial charge >= 0.3 is 0 Å². The van der Waals surface area contributed by atoms with Crippen LogP contribution in [0.25, 0.3) is 0 Å². The number of halogens is 1. The molecule has 3 nitrogen and oxygen atoms in total. The van der Waals surface area contributed by atoms with Crippen molar-refractivity contribution in [3.8, 4) is 0 Å². The Balaban J connectivity index is 2.22. The smallest absolute Gasteiger partial charge is 0.226 e. The van der Waals surface area contributed by atoms with Gasteiger partial charge in [-0.3, -0.25) is 4.79 Å². The molecule has 0 heterocycles. The average Bonchev–Trinajstić information content (AvgIpc) is 2.78. The van der Waals surface area contributed by atoms with E-state index in [1.165, 1.54) is 12.8 Å². The average molecular weight is 292 g/mol. The van der Waals surface area contributed by atoms with E-state index in [0.29, 0.717) is 19.8 Å². The van der Waals surface area contributed by atoms with Crippen LogP contribution in [0.1, 0.15) is 39.0 Å². The third-order valence-electron chi connectivity index (χ3n) is 3.47. The Morgan fingerprint density at radius 3 is 2.62 bits per heavy atom. The van der Waals surface area contributed by atoms with E-state index in [1.807, 2.05) is 0 Å². The van der Waals surface area contributed by atoms with Crippen LogP contribution < -0.4 is 5.32 Å². The van der Waals surface area contributed by atoms with E-state index in [4.69, 9.17) is 4.74 Å². The SMILES string of the molecule is CCC1(C(=O)NCCOCCBr)CCCC1. The first-order chi connectivity index (χ1) is 7.75. The Morgan fingerprint density at radius 1 is 1.38 bits per heavy atom. The molecule has 0 saturated heterocycles. The Morgan fingerprint density at radius 2 is 2.06 bits per heavy atom. The highest BCUT2D eigenvalue weighted by molar-refractivity contribution is 9.09. The van der Waals surface area contributed by atoms with Gasteiger partial charge in [-0.25, -0.2) is 0 Å². The highest BCUT2D eigenvalue weighted by Gasteiger charge is 2.38. The lowest BCUT2D eigenvalue weighted by atomic mass is 9.82. The van der Waals surface area contributed by atoms with Gasteiger partial charge in [-0.15, -0.1) is 0 Å². The molecule has 1 amide bonds. The van der Waals surface area contributed by atoms with Gasteiger partial charge in [0.2, 0.25) is 5.91 Å². The van der Waals surface area contributed by atoms with Crippen LogP contribution in [0.3, 0.4) is 0 Å². The van der Waals surface area contributed by atoms with Crippen molar-refractivity contribution < 1.29 is 9.53 Å². The molecule has 0 atom stereocenters. The van der Waals surface area contributed by atoms with Crippen LogP contribution in [0, 0.1) is 5.41 Å². The summed E-state index contributed by atoms with van der Waals surface area (Å²) in [5, 5.41) is 3.84. The van der Waals surface area contributed by atoms with Crippen LogP contribution in [0.4, 0.5) is 0 Å². The number of rotatable bonds is 7. The summed E-state index contributed by atoms with van der Waals surface area (Å²) in [7, 11) is 0. The zero-order chi connectivity index (χ0) is 11.9. The third-order valence-corrected chi connectivity index (χ3v) is 3.80. The zero-order valence-corrected chi connectivity index (χ0v) is 11.6. The number of alkyl halides is 1. The van der Waals surface area contributed by atoms with Gasteiger partial charge in [-0.2, -0.15) is 0 Å². The van der Waals surface area contributed by atoms with Crippen molar-refractivity contribution >= 4 is 21.8 Å². The van der Waals surface area contributed by atoms with Gasteiger partial charge in [0.1, 0.15) is 0 Å². The summed E-state index contributed by atoms with van der Waals surface area (Å²) in [5.41, 5.74) is -0.0740. The second kappa shape index (κ2) is 7.28. The van der Waals surface area contributed by atoms with Crippen LogP contribution in [0.2, 0.25) is 0 Å². The second-order valence-electron chi connectivity index (χ2n) is 4.40. The third kappa shape index (κ3) is 3.74. The van der Waals surface area contributed by atoms with E-state index in [9.17, 15) is 4.79 Å². The minimum atomic E-state index is -0.0740. The molecule has 0 bridgehead atoms. The summed E-state index contributed by atoms with van der Waals surface area (Å²) in [4.78, 5) is 12.1. The first kappa shape index (κ1) is 14.0. The van der Waals surface area contributed by atoms with Gasteiger partial charge in [0.25, 0.3) is 0 Å². The fourth-order valence-corrected chi connectivity index (χ4v) is 2.60. The molecule has 1 N–H and O–H groups in total. The Labute approximate surface area is 106 Å². The van der Waals surface area contributed by atoms with E-state index >= 15 is 0 Å². The Hall–Kier alpha value is -0.0900. The maximum atomic E-state index is 12.1. The summed E-state index contributed by atoms with van der Waals surface area (Å²) < 4.78 is 5.30. The molecule has 94 valence electrons. The van der Waals surface area contributed by atoms with Crippen molar-refractivity contribution in [2.45, 2.75) is 39.0 Å². The summed E-state index contributed by atoms with van der Waals surface area (Å²) in [6.45, 7) is 4.06. The molecule has 1 saturated carbocycles. The van der Waals surface area contributed by atoms with Crippen LogP contribution in [-0.4, -0.2) is 31.0 Å². The fraction of sp³-hybridized carbons (Fsp3) is 0.917. The molecular formula is C12H22BrNO2. The normalized spacial score (nSPS) is 18.6. The molecule has 1 aliphatic rings. The molecular weight excluding hydrogens is 270 g/mol. The summed E-state index contributed by atoms with van der Waals surface area (Å²) >= 11 is 3.29. The lowest BCUT2D eigenvalue weighted by molar-refractivity contribution is -0.131. The number of hydrogen-bond donors (Lipinski definition) is 1. The number of amides is 1. The van der Waals surface area contributed by atoms with Crippen molar-refractivity contribution in [1.29, 1.82) is 0 Å². The van der Waals surface area contributed by atoms with Crippen molar-refractivity contribution in [1.82, 2.24) is 5.32 Å². The number of ether oxygens (including phenoxy) is 1. The molecule has 4 heteroatoms. The molecule has 0 aromatic heterocycles. The fourth-order valence-electron chi connectivity index (χ4n) is 2.37. The van der Waals surface area contributed by atoms with Crippen molar-refractivity contribution in [2.24, 2.45) is 5.41 Å². The molecule has 1 rings (SSSR count). The first-order valence-electron chi connectivity index (χ1n) is 6.17. The maximum Gasteiger partial charge on any atom is 0.226 e. The molecule has 0 aromatic rings. The lowest BCUT2D eigenvalue weighted by Gasteiger charge is -2.25. The van der Waals surface area contributed by atoms with E-state index < -0.39 is 0 Å². The van der Waals surface area contributed by atoms with Crippen molar-refractivity contribution in [2.75, 3.05) is 25.1 Å². The number of carbonyl (C=O) groups is 1. The quantitative estimate of drug-likeness (QED) is 0.578. The van der Waals surface area contributed by atoms with Gasteiger partial charge < -0.3 is 10.1 Å². The molecule has 0 radical (unpaired) electrons. The van der Waals surface area contributed by atoms with Crippen LogP contribution in [0.5, 0.6) is 0 Å². The highest BCUT2D eigenvalue weighted by atomic mass is 79.9.